The van der Waals surface area contributed by atoms with Crippen LogP contribution in [0, 0.1) is 0 Å². The van der Waals surface area contributed by atoms with Gasteiger partial charge in [-0.25, -0.2) is 13.2 Å². The molecule has 2 aromatic carbocycles. The van der Waals surface area contributed by atoms with Crippen molar-refractivity contribution in [1.29, 1.82) is 0 Å². The maximum Gasteiger partial charge on any atom is 0.330 e. The number of aliphatic carboxylic acids is 1. The second kappa shape index (κ2) is 9.16. The van der Waals surface area contributed by atoms with Crippen molar-refractivity contribution in [1.82, 2.24) is 0 Å². The molecule has 0 radical (unpaired) electrons. The van der Waals surface area contributed by atoms with Gasteiger partial charge in [0.2, 0.25) is 0 Å². The first-order valence-electron chi connectivity index (χ1n) is 8.46. The van der Waals surface area contributed by atoms with E-state index >= 15 is 0 Å². The summed E-state index contributed by atoms with van der Waals surface area (Å²) in [5.74, 6) is -0.527. The van der Waals surface area contributed by atoms with Crippen LogP contribution in [-0.4, -0.2) is 39.5 Å². The van der Waals surface area contributed by atoms with Crippen LogP contribution >= 0.6 is 11.6 Å². The Morgan fingerprint density at radius 3 is 2.54 bits per heavy atom. The first kappa shape index (κ1) is 21.8. The summed E-state index contributed by atoms with van der Waals surface area (Å²) in [6.45, 7) is 2.33. The Kier molecular flexibility index (Phi) is 7.15. The zero-order valence-electron chi connectivity index (χ0n) is 15.7. The molecule has 2 rings (SSSR count). The molecule has 0 heterocycles. The van der Waals surface area contributed by atoms with Crippen molar-refractivity contribution in [2.24, 2.45) is 0 Å². The van der Waals surface area contributed by atoms with Crippen molar-refractivity contribution in [3.8, 4) is 11.5 Å². The van der Waals surface area contributed by atoms with Crippen LogP contribution in [-0.2, 0) is 14.6 Å². The average molecular weight is 428 g/mol. The van der Waals surface area contributed by atoms with Crippen LogP contribution in [0.3, 0.4) is 0 Å². The minimum atomic E-state index is -3.51. The van der Waals surface area contributed by atoms with Crippen LogP contribution in [0.15, 0.2) is 41.3 Å². The topological polar surface area (TPSA) is 102 Å². The molecule has 28 heavy (non-hydrogen) atoms. The lowest BCUT2D eigenvalue weighted by atomic mass is 10.1. The number of halogens is 1. The van der Waals surface area contributed by atoms with Gasteiger partial charge in [0.05, 0.1) is 18.6 Å². The number of benzene rings is 2. The highest BCUT2D eigenvalue weighted by atomic mass is 35.5. The molecule has 0 spiro atoms. The first-order valence-corrected chi connectivity index (χ1v) is 10.7. The van der Waals surface area contributed by atoms with Gasteiger partial charge in [0, 0.05) is 28.6 Å². The van der Waals surface area contributed by atoms with Crippen molar-refractivity contribution in [2.75, 3.05) is 25.3 Å². The molecule has 2 aromatic rings. The summed E-state index contributed by atoms with van der Waals surface area (Å²) in [7, 11) is -2.12. The number of ether oxygens (including phenoxy) is 2. The number of carboxylic acid groups (broad SMARTS) is 1. The van der Waals surface area contributed by atoms with Gasteiger partial charge in [-0.3, -0.25) is 0 Å². The van der Waals surface area contributed by atoms with Gasteiger partial charge in [-0.1, -0.05) is 24.6 Å². The highest BCUT2D eigenvalue weighted by Crippen LogP contribution is 2.33. The smallest absolute Gasteiger partial charge is 0.330 e. The number of rotatable bonds is 9. The fourth-order valence-corrected chi connectivity index (χ4v) is 3.34. The van der Waals surface area contributed by atoms with Gasteiger partial charge >= 0.3 is 5.97 Å². The second-order valence-corrected chi connectivity index (χ2v) is 8.57. The van der Waals surface area contributed by atoms with Gasteiger partial charge < -0.3 is 19.9 Å². The number of sulfone groups is 1. The minimum absolute atomic E-state index is 0.0112. The Morgan fingerprint density at radius 1 is 1.25 bits per heavy atom. The molecule has 152 valence electrons. The third kappa shape index (κ3) is 5.53. The van der Waals surface area contributed by atoms with E-state index in [0.717, 1.165) is 12.7 Å². The first-order chi connectivity index (χ1) is 13.2. The summed E-state index contributed by atoms with van der Waals surface area (Å²) >= 11 is 6.02. The van der Waals surface area contributed by atoms with Crippen LogP contribution in [0.5, 0.6) is 11.5 Å². The summed E-state index contributed by atoms with van der Waals surface area (Å²) in [5.41, 5.74) is 0.651. The van der Waals surface area contributed by atoms with Crippen LogP contribution in [0.4, 0.5) is 5.69 Å². The van der Waals surface area contributed by atoms with Crippen molar-refractivity contribution in [3.05, 3.63) is 47.0 Å². The van der Waals surface area contributed by atoms with Crippen LogP contribution in [0.2, 0.25) is 5.02 Å². The summed E-state index contributed by atoms with van der Waals surface area (Å²) in [6, 6.07) is 7.75. The van der Waals surface area contributed by atoms with E-state index in [1.807, 2.05) is 6.92 Å². The third-order valence-electron chi connectivity index (χ3n) is 3.85. The summed E-state index contributed by atoms with van der Waals surface area (Å²) in [4.78, 5) is 12.0. The Labute approximate surface area is 169 Å². The number of anilines is 1. The second-order valence-electron chi connectivity index (χ2n) is 6.12. The van der Waals surface area contributed by atoms with E-state index in [9.17, 15) is 18.3 Å². The fraction of sp³-hybridized carbons (Fsp3) is 0.316. The largest absolute Gasteiger partial charge is 0.497 e. The number of hydrogen-bond acceptors (Lipinski definition) is 6. The highest BCUT2D eigenvalue weighted by molar-refractivity contribution is 7.90. The summed E-state index contributed by atoms with van der Waals surface area (Å²) in [5, 5.41) is 13.0. The molecule has 7 nitrogen and oxygen atoms in total. The maximum atomic E-state index is 12.0. The molecule has 9 heteroatoms. The molecule has 0 saturated heterocycles. The molecular weight excluding hydrogens is 406 g/mol. The number of carboxylic acids is 1. The molecule has 0 saturated carbocycles. The van der Waals surface area contributed by atoms with Gasteiger partial charge in [-0.15, -0.1) is 0 Å². The minimum Gasteiger partial charge on any atom is -0.497 e. The normalized spacial score (nSPS) is 12.3. The predicted octanol–water partition coefficient (Wildman–Crippen LogP) is 3.78. The number of carbonyl (C=O) groups is 1. The standard InChI is InChI=1S/C19H22ClNO6S/c1-4-7-27-17-8-12(20)5-6-16(17)18(19(22)23)21-13-9-14(26-2)11-15(10-13)28(3,24)25/h5-6,8-11,18,21H,4,7H2,1-3H3,(H,22,23). The molecule has 1 unspecified atom stereocenters. The van der Waals surface area contributed by atoms with Crippen LogP contribution in [0.25, 0.3) is 0 Å². The molecule has 1 atom stereocenters. The Balaban J connectivity index is 2.49. The zero-order chi connectivity index (χ0) is 20.9. The Hall–Kier alpha value is -2.45. The molecule has 0 aliphatic carbocycles. The van der Waals surface area contributed by atoms with Gasteiger partial charge in [0.1, 0.15) is 11.5 Å². The molecule has 0 aliphatic heterocycles. The van der Waals surface area contributed by atoms with Crippen LogP contribution < -0.4 is 14.8 Å². The van der Waals surface area contributed by atoms with E-state index in [4.69, 9.17) is 21.1 Å². The van der Waals surface area contributed by atoms with Gasteiger partial charge in [0.25, 0.3) is 0 Å². The molecule has 0 aromatic heterocycles. The summed E-state index contributed by atoms with van der Waals surface area (Å²) in [6.07, 6.45) is 1.81. The molecule has 0 aliphatic rings. The van der Waals surface area contributed by atoms with E-state index in [0.29, 0.717) is 22.9 Å². The third-order valence-corrected chi connectivity index (χ3v) is 5.18. The van der Waals surface area contributed by atoms with E-state index in [1.165, 1.54) is 25.3 Å². The molecule has 0 bridgehead atoms. The van der Waals surface area contributed by atoms with Gasteiger partial charge in [-0.05, 0) is 30.7 Å². The zero-order valence-corrected chi connectivity index (χ0v) is 17.3. The highest BCUT2D eigenvalue weighted by Gasteiger charge is 2.25. The van der Waals surface area contributed by atoms with Crippen molar-refractivity contribution in [3.63, 3.8) is 0 Å². The monoisotopic (exact) mass is 427 g/mol. The van der Waals surface area contributed by atoms with E-state index < -0.39 is 21.8 Å². The van der Waals surface area contributed by atoms with Gasteiger partial charge in [-0.2, -0.15) is 0 Å². The molecular formula is C19H22ClNO6S. The van der Waals surface area contributed by atoms with Gasteiger partial charge in [0.15, 0.2) is 15.9 Å². The number of hydrogen-bond donors (Lipinski definition) is 2. The molecule has 2 N–H and O–H groups in total. The lowest BCUT2D eigenvalue weighted by Gasteiger charge is -2.20. The SMILES string of the molecule is CCCOc1cc(Cl)ccc1C(Nc1cc(OC)cc(S(C)(=O)=O)c1)C(=O)O. The van der Waals surface area contributed by atoms with Crippen molar-refractivity contribution in [2.45, 2.75) is 24.3 Å². The lowest BCUT2D eigenvalue weighted by molar-refractivity contribution is -0.138. The average Bonchev–Trinajstić information content (AvgIpc) is 2.63. The number of methoxy groups -OCH3 is 1. The summed E-state index contributed by atoms with van der Waals surface area (Å²) < 4.78 is 34.6. The van der Waals surface area contributed by atoms with Crippen LogP contribution in [0.1, 0.15) is 24.9 Å². The maximum absolute atomic E-state index is 12.0. The molecule has 0 amide bonds. The fourth-order valence-electron chi connectivity index (χ4n) is 2.51. The van der Waals surface area contributed by atoms with Crippen molar-refractivity contribution >= 4 is 33.1 Å². The predicted molar refractivity (Wildman–Crippen MR) is 107 cm³/mol. The van der Waals surface area contributed by atoms with E-state index in [-0.39, 0.29) is 16.3 Å². The van der Waals surface area contributed by atoms with E-state index in [2.05, 4.69) is 5.32 Å². The van der Waals surface area contributed by atoms with E-state index in [1.54, 1.807) is 18.2 Å². The Bertz CT molecular complexity index is 961. The quantitative estimate of drug-likeness (QED) is 0.627. The molecule has 0 fully saturated rings. The lowest BCUT2D eigenvalue weighted by Crippen LogP contribution is -2.21. The number of nitrogens with one attached hydrogen (secondary N) is 1. The van der Waals surface area contributed by atoms with Crippen molar-refractivity contribution < 1.29 is 27.8 Å². The Morgan fingerprint density at radius 2 is 1.96 bits per heavy atom.